The molecule has 0 spiro atoms. The highest BCUT2D eigenvalue weighted by Gasteiger charge is 2.16. The molecule has 0 fully saturated rings. The van der Waals surface area contributed by atoms with Crippen molar-refractivity contribution in [3.63, 3.8) is 0 Å². The number of halogens is 2. The fourth-order valence-corrected chi connectivity index (χ4v) is 1.78. The predicted octanol–water partition coefficient (Wildman–Crippen LogP) is 3.63. The molecule has 19 heavy (non-hydrogen) atoms. The Labute approximate surface area is 118 Å². The molecule has 6 heteroatoms. The van der Waals surface area contributed by atoms with Gasteiger partial charge in [-0.05, 0) is 30.3 Å². The van der Waals surface area contributed by atoms with Crippen LogP contribution in [0.25, 0.3) is 0 Å². The van der Waals surface area contributed by atoms with Crippen LogP contribution in [0.3, 0.4) is 0 Å². The van der Waals surface area contributed by atoms with E-state index in [1.165, 1.54) is 24.5 Å². The van der Waals surface area contributed by atoms with Crippen LogP contribution >= 0.6 is 23.2 Å². The lowest BCUT2D eigenvalue weighted by Crippen LogP contribution is -2.14. The molecule has 1 heterocycles. The van der Waals surface area contributed by atoms with E-state index in [4.69, 9.17) is 32.4 Å². The molecule has 0 saturated carbocycles. The number of carbonyl (C=O) groups is 2. The molecule has 98 valence electrons. The second-order valence-corrected chi connectivity index (χ2v) is 4.44. The van der Waals surface area contributed by atoms with E-state index in [-0.39, 0.29) is 16.3 Å². The van der Waals surface area contributed by atoms with Gasteiger partial charge in [0, 0.05) is 10.6 Å². The summed E-state index contributed by atoms with van der Waals surface area (Å²) in [4.78, 5) is 23.3. The SMILES string of the molecule is O=C(OCC(=O)c1cc(Cl)ccc1Cl)c1ccco1. The van der Waals surface area contributed by atoms with Crippen LogP contribution in [0.15, 0.2) is 41.0 Å². The van der Waals surface area contributed by atoms with Crippen molar-refractivity contribution in [3.8, 4) is 0 Å². The monoisotopic (exact) mass is 298 g/mol. The van der Waals surface area contributed by atoms with Gasteiger partial charge in [-0.15, -0.1) is 0 Å². The fraction of sp³-hybridized carbons (Fsp3) is 0.0769. The summed E-state index contributed by atoms with van der Waals surface area (Å²) in [6.07, 6.45) is 1.34. The smallest absolute Gasteiger partial charge is 0.374 e. The fourth-order valence-electron chi connectivity index (χ4n) is 1.39. The lowest BCUT2D eigenvalue weighted by molar-refractivity contribution is 0.0444. The number of benzene rings is 1. The van der Waals surface area contributed by atoms with Gasteiger partial charge >= 0.3 is 5.97 Å². The lowest BCUT2D eigenvalue weighted by atomic mass is 10.1. The molecule has 2 aromatic rings. The Bertz CT molecular complexity index is 605. The van der Waals surface area contributed by atoms with Crippen molar-refractivity contribution in [2.45, 2.75) is 0 Å². The van der Waals surface area contributed by atoms with Crippen LogP contribution in [0.5, 0.6) is 0 Å². The van der Waals surface area contributed by atoms with Gasteiger partial charge in [0.05, 0.1) is 11.3 Å². The zero-order chi connectivity index (χ0) is 13.8. The Balaban J connectivity index is 2.02. The van der Waals surface area contributed by atoms with E-state index >= 15 is 0 Å². The van der Waals surface area contributed by atoms with Crippen LogP contribution in [0, 0.1) is 0 Å². The Morgan fingerprint density at radius 2 is 2.00 bits per heavy atom. The van der Waals surface area contributed by atoms with Crippen molar-refractivity contribution in [2.75, 3.05) is 6.61 Å². The highest BCUT2D eigenvalue weighted by Crippen LogP contribution is 2.21. The van der Waals surface area contributed by atoms with Crippen LogP contribution in [-0.2, 0) is 4.74 Å². The molecule has 2 rings (SSSR count). The largest absolute Gasteiger partial charge is 0.457 e. The van der Waals surface area contributed by atoms with Crippen LogP contribution < -0.4 is 0 Å². The zero-order valence-corrected chi connectivity index (χ0v) is 11.1. The average Bonchev–Trinajstić information content (AvgIpc) is 2.92. The van der Waals surface area contributed by atoms with Crippen LogP contribution in [0.4, 0.5) is 0 Å². The molecule has 0 N–H and O–H groups in total. The van der Waals surface area contributed by atoms with Gasteiger partial charge < -0.3 is 9.15 Å². The van der Waals surface area contributed by atoms with Gasteiger partial charge in [0.1, 0.15) is 0 Å². The third-order valence-corrected chi connectivity index (χ3v) is 2.85. The maximum Gasteiger partial charge on any atom is 0.374 e. The summed E-state index contributed by atoms with van der Waals surface area (Å²) in [6, 6.07) is 7.49. The lowest BCUT2D eigenvalue weighted by Gasteiger charge is -2.05. The maximum atomic E-state index is 11.8. The predicted molar refractivity (Wildman–Crippen MR) is 69.8 cm³/mol. The molecule has 0 aliphatic heterocycles. The van der Waals surface area contributed by atoms with E-state index < -0.39 is 18.4 Å². The minimum atomic E-state index is -0.712. The number of rotatable bonds is 4. The first kappa shape index (κ1) is 13.6. The standard InChI is InChI=1S/C13H8Cl2O4/c14-8-3-4-10(15)9(6-8)11(16)7-19-13(17)12-2-1-5-18-12/h1-6H,7H2. The zero-order valence-electron chi connectivity index (χ0n) is 9.56. The van der Waals surface area contributed by atoms with Gasteiger partial charge in [-0.2, -0.15) is 0 Å². The first-order valence-electron chi connectivity index (χ1n) is 5.27. The van der Waals surface area contributed by atoms with Crippen molar-refractivity contribution in [1.82, 2.24) is 0 Å². The average molecular weight is 299 g/mol. The number of furan rings is 1. The van der Waals surface area contributed by atoms with Crippen LogP contribution in [0.1, 0.15) is 20.9 Å². The van der Waals surface area contributed by atoms with Gasteiger partial charge in [-0.25, -0.2) is 4.79 Å². The van der Waals surface area contributed by atoms with E-state index in [0.29, 0.717) is 5.02 Å². The van der Waals surface area contributed by atoms with Crippen molar-refractivity contribution >= 4 is 35.0 Å². The molecule has 0 saturated heterocycles. The van der Waals surface area contributed by atoms with Crippen LogP contribution in [-0.4, -0.2) is 18.4 Å². The van der Waals surface area contributed by atoms with Gasteiger partial charge in [0.2, 0.25) is 11.5 Å². The van der Waals surface area contributed by atoms with E-state index in [2.05, 4.69) is 0 Å². The first-order valence-corrected chi connectivity index (χ1v) is 6.02. The molecule has 0 aliphatic carbocycles. The normalized spacial score (nSPS) is 10.2. The summed E-state index contributed by atoms with van der Waals surface area (Å²) in [7, 11) is 0. The topological polar surface area (TPSA) is 56.5 Å². The number of ketones is 1. The molecule has 4 nitrogen and oxygen atoms in total. The molecule has 0 aliphatic rings. The third kappa shape index (κ3) is 3.36. The van der Waals surface area contributed by atoms with E-state index in [1.807, 2.05) is 0 Å². The highest BCUT2D eigenvalue weighted by molar-refractivity contribution is 6.36. The van der Waals surface area contributed by atoms with Crippen molar-refractivity contribution in [1.29, 1.82) is 0 Å². The van der Waals surface area contributed by atoms with E-state index in [1.54, 1.807) is 12.1 Å². The Kier molecular flexibility index (Phi) is 4.24. The minimum absolute atomic E-state index is 0.0324. The molecule has 0 bridgehead atoms. The summed E-state index contributed by atoms with van der Waals surface area (Å²) >= 11 is 11.6. The molecule has 0 radical (unpaired) electrons. The molecule has 0 amide bonds. The Morgan fingerprint density at radius 1 is 1.21 bits per heavy atom. The quantitative estimate of drug-likeness (QED) is 0.639. The first-order chi connectivity index (χ1) is 9.08. The summed E-state index contributed by atoms with van der Waals surface area (Å²) in [5, 5.41) is 0.633. The number of esters is 1. The number of carbonyl (C=O) groups excluding carboxylic acids is 2. The van der Waals surface area contributed by atoms with E-state index in [9.17, 15) is 9.59 Å². The van der Waals surface area contributed by atoms with E-state index in [0.717, 1.165) is 0 Å². The van der Waals surface area contributed by atoms with Gasteiger partial charge in [-0.1, -0.05) is 23.2 Å². The van der Waals surface area contributed by atoms with Gasteiger partial charge in [-0.3, -0.25) is 4.79 Å². The summed E-state index contributed by atoms with van der Waals surface area (Å²) in [5.41, 5.74) is 0.210. The van der Waals surface area contributed by atoms with Crippen molar-refractivity contribution in [2.24, 2.45) is 0 Å². The second-order valence-electron chi connectivity index (χ2n) is 3.60. The van der Waals surface area contributed by atoms with Gasteiger partial charge in [0.25, 0.3) is 0 Å². The maximum absolute atomic E-state index is 11.8. The molecule has 0 atom stereocenters. The number of hydrogen-bond acceptors (Lipinski definition) is 4. The number of hydrogen-bond donors (Lipinski definition) is 0. The summed E-state index contributed by atoms with van der Waals surface area (Å²) < 4.78 is 9.66. The molecule has 1 aromatic carbocycles. The molecular formula is C13H8Cl2O4. The third-order valence-electron chi connectivity index (χ3n) is 2.29. The summed E-state index contributed by atoms with van der Waals surface area (Å²) in [5.74, 6) is -1.12. The molecule has 0 unspecified atom stereocenters. The second kappa shape index (κ2) is 5.91. The Morgan fingerprint density at radius 3 is 2.68 bits per heavy atom. The minimum Gasteiger partial charge on any atom is -0.457 e. The van der Waals surface area contributed by atoms with Gasteiger partial charge in [0.15, 0.2) is 6.61 Å². The highest BCUT2D eigenvalue weighted by atomic mass is 35.5. The summed E-state index contributed by atoms with van der Waals surface area (Å²) in [6.45, 7) is -0.431. The van der Waals surface area contributed by atoms with Crippen LogP contribution in [0.2, 0.25) is 10.0 Å². The molecular weight excluding hydrogens is 291 g/mol. The Hall–Kier alpha value is -1.78. The molecule has 1 aromatic heterocycles. The number of Topliss-reactive ketones (excluding diaryl/α,β-unsaturated/α-hetero) is 1. The number of ether oxygens (including phenoxy) is 1. The van der Waals surface area contributed by atoms with Crippen molar-refractivity contribution < 1.29 is 18.7 Å². The van der Waals surface area contributed by atoms with Crippen molar-refractivity contribution in [3.05, 3.63) is 58.0 Å².